The first kappa shape index (κ1) is 16.8. The molecule has 0 spiro atoms. The van der Waals surface area contributed by atoms with Crippen molar-refractivity contribution < 1.29 is 9.53 Å². The van der Waals surface area contributed by atoms with E-state index in [0.29, 0.717) is 13.1 Å². The lowest BCUT2D eigenvalue weighted by Crippen LogP contribution is -2.48. The summed E-state index contributed by atoms with van der Waals surface area (Å²) in [7, 11) is 1.67. The molecule has 0 bridgehead atoms. The van der Waals surface area contributed by atoms with Crippen LogP contribution in [0.1, 0.15) is 15.9 Å². The Labute approximate surface area is 156 Å². The number of hydrogen-bond donors (Lipinski definition) is 0. The Kier molecular flexibility index (Phi) is 4.51. The Bertz CT molecular complexity index is 928. The molecule has 4 rings (SSSR count). The second kappa shape index (κ2) is 6.96. The van der Waals surface area contributed by atoms with Crippen LogP contribution in [0.25, 0.3) is 10.2 Å². The molecule has 0 atom stereocenters. The van der Waals surface area contributed by atoms with Gasteiger partial charge in [0.15, 0.2) is 5.13 Å². The van der Waals surface area contributed by atoms with E-state index in [1.807, 2.05) is 54.3 Å². The second-order valence-corrected chi connectivity index (χ2v) is 7.48. The summed E-state index contributed by atoms with van der Waals surface area (Å²) in [6, 6.07) is 13.7. The van der Waals surface area contributed by atoms with E-state index >= 15 is 0 Å². The van der Waals surface area contributed by atoms with Crippen molar-refractivity contribution in [3.05, 3.63) is 53.6 Å². The van der Waals surface area contributed by atoms with Gasteiger partial charge in [-0.2, -0.15) is 0 Å². The number of aromatic nitrogens is 1. The second-order valence-electron chi connectivity index (χ2n) is 6.48. The molecule has 1 aliphatic heterocycles. The van der Waals surface area contributed by atoms with Gasteiger partial charge in [0, 0.05) is 31.7 Å². The molecule has 2 aromatic carbocycles. The zero-order chi connectivity index (χ0) is 18.1. The Morgan fingerprint density at radius 2 is 1.81 bits per heavy atom. The zero-order valence-electron chi connectivity index (χ0n) is 14.9. The molecule has 2 heterocycles. The minimum Gasteiger partial charge on any atom is -0.497 e. The van der Waals surface area contributed by atoms with E-state index in [0.717, 1.165) is 39.8 Å². The Balaban J connectivity index is 1.44. The topological polar surface area (TPSA) is 45.7 Å². The number of aryl methyl sites for hydroxylation is 1. The maximum Gasteiger partial charge on any atom is 0.253 e. The largest absolute Gasteiger partial charge is 0.497 e. The fourth-order valence-corrected chi connectivity index (χ4v) is 4.18. The number of methoxy groups -OCH3 is 1. The standard InChI is InChI=1S/C20H21N3O2S/c1-14-3-5-15(6-4-14)19(24)22-9-11-23(12-10-22)20-21-17-8-7-16(25-2)13-18(17)26-20/h3-8,13H,9-12H2,1-2H3. The molecule has 1 amide bonds. The zero-order valence-corrected chi connectivity index (χ0v) is 15.8. The van der Waals surface area contributed by atoms with Crippen LogP contribution in [-0.4, -0.2) is 49.1 Å². The van der Waals surface area contributed by atoms with Gasteiger partial charge in [-0.25, -0.2) is 4.98 Å². The first-order chi connectivity index (χ1) is 12.6. The first-order valence-electron chi connectivity index (χ1n) is 8.69. The van der Waals surface area contributed by atoms with Crippen molar-refractivity contribution in [3.8, 4) is 5.75 Å². The minimum absolute atomic E-state index is 0.110. The average Bonchev–Trinajstić information content (AvgIpc) is 3.11. The summed E-state index contributed by atoms with van der Waals surface area (Å²) < 4.78 is 6.41. The number of anilines is 1. The van der Waals surface area contributed by atoms with Crippen molar-refractivity contribution in [1.82, 2.24) is 9.88 Å². The normalized spacial score (nSPS) is 14.7. The molecule has 1 aliphatic rings. The lowest BCUT2D eigenvalue weighted by Gasteiger charge is -2.34. The number of carbonyl (C=O) groups is 1. The highest BCUT2D eigenvalue weighted by atomic mass is 32.1. The van der Waals surface area contributed by atoms with E-state index in [1.54, 1.807) is 18.4 Å². The summed E-state index contributed by atoms with van der Waals surface area (Å²) in [5.41, 5.74) is 2.92. The quantitative estimate of drug-likeness (QED) is 0.710. The monoisotopic (exact) mass is 367 g/mol. The van der Waals surface area contributed by atoms with Gasteiger partial charge in [0.2, 0.25) is 0 Å². The predicted octanol–water partition coefficient (Wildman–Crippen LogP) is 3.58. The van der Waals surface area contributed by atoms with Crippen LogP contribution in [0, 0.1) is 6.92 Å². The molecule has 26 heavy (non-hydrogen) atoms. The Morgan fingerprint density at radius 3 is 2.50 bits per heavy atom. The van der Waals surface area contributed by atoms with Crippen LogP contribution >= 0.6 is 11.3 Å². The summed E-state index contributed by atoms with van der Waals surface area (Å²) >= 11 is 1.67. The molecule has 0 N–H and O–H groups in total. The molecule has 1 aromatic heterocycles. The van der Waals surface area contributed by atoms with Crippen LogP contribution in [0.15, 0.2) is 42.5 Å². The van der Waals surface area contributed by atoms with E-state index in [-0.39, 0.29) is 5.91 Å². The fraction of sp³-hybridized carbons (Fsp3) is 0.300. The van der Waals surface area contributed by atoms with Crippen LogP contribution in [0.5, 0.6) is 5.75 Å². The smallest absolute Gasteiger partial charge is 0.253 e. The van der Waals surface area contributed by atoms with Crippen LogP contribution in [-0.2, 0) is 0 Å². The molecule has 1 saturated heterocycles. The van der Waals surface area contributed by atoms with Crippen molar-refractivity contribution in [1.29, 1.82) is 0 Å². The van der Waals surface area contributed by atoms with Crippen molar-refractivity contribution in [2.75, 3.05) is 38.2 Å². The van der Waals surface area contributed by atoms with E-state index in [4.69, 9.17) is 9.72 Å². The van der Waals surface area contributed by atoms with Gasteiger partial charge in [-0.15, -0.1) is 0 Å². The van der Waals surface area contributed by atoms with E-state index in [9.17, 15) is 4.79 Å². The van der Waals surface area contributed by atoms with Crippen LogP contribution in [0.4, 0.5) is 5.13 Å². The van der Waals surface area contributed by atoms with Gasteiger partial charge in [-0.1, -0.05) is 29.0 Å². The third-order valence-electron chi connectivity index (χ3n) is 4.72. The number of amides is 1. The molecule has 134 valence electrons. The van der Waals surface area contributed by atoms with Crippen molar-refractivity contribution >= 4 is 32.6 Å². The molecular weight excluding hydrogens is 346 g/mol. The highest BCUT2D eigenvalue weighted by molar-refractivity contribution is 7.22. The predicted molar refractivity (Wildman–Crippen MR) is 105 cm³/mol. The Hall–Kier alpha value is -2.60. The van der Waals surface area contributed by atoms with Gasteiger partial charge in [0.05, 0.1) is 17.3 Å². The van der Waals surface area contributed by atoms with Gasteiger partial charge < -0.3 is 14.5 Å². The highest BCUT2D eigenvalue weighted by Gasteiger charge is 2.24. The molecule has 5 nitrogen and oxygen atoms in total. The maximum atomic E-state index is 12.6. The van der Waals surface area contributed by atoms with Gasteiger partial charge in [-0.3, -0.25) is 4.79 Å². The fourth-order valence-electron chi connectivity index (χ4n) is 3.13. The van der Waals surface area contributed by atoms with Gasteiger partial charge in [-0.05, 0) is 37.3 Å². The summed E-state index contributed by atoms with van der Waals surface area (Å²) in [5, 5.41) is 1.01. The maximum absolute atomic E-state index is 12.6. The highest BCUT2D eigenvalue weighted by Crippen LogP contribution is 2.31. The van der Waals surface area contributed by atoms with Gasteiger partial charge >= 0.3 is 0 Å². The number of nitrogens with zero attached hydrogens (tertiary/aromatic N) is 3. The number of thiazole rings is 1. The van der Waals surface area contributed by atoms with Gasteiger partial charge in [0.25, 0.3) is 5.91 Å². The number of ether oxygens (including phenoxy) is 1. The molecule has 6 heteroatoms. The number of fused-ring (bicyclic) bond motifs is 1. The third kappa shape index (κ3) is 3.24. The third-order valence-corrected chi connectivity index (χ3v) is 5.80. The molecule has 0 aliphatic carbocycles. The number of benzene rings is 2. The molecule has 1 fully saturated rings. The molecule has 3 aromatic rings. The average molecular weight is 367 g/mol. The van der Waals surface area contributed by atoms with Crippen molar-refractivity contribution in [2.45, 2.75) is 6.92 Å². The summed E-state index contributed by atoms with van der Waals surface area (Å²) in [6.45, 7) is 5.06. The number of piperazine rings is 1. The van der Waals surface area contributed by atoms with E-state index in [1.165, 1.54) is 5.56 Å². The van der Waals surface area contributed by atoms with Crippen molar-refractivity contribution in [2.24, 2.45) is 0 Å². The molecule has 0 unspecified atom stereocenters. The van der Waals surface area contributed by atoms with Crippen LogP contribution < -0.4 is 9.64 Å². The lowest BCUT2D eigenvalue weighted by atomic mass is 10.1. The number of hydrogen-bond acceptors (Lipinski definition) is 5. The van der Waals surface area contributed by atoms with E-state index < -0.39 is 0 Å². The number of carbonyl (C=O) groups excluding carboxylic acids is 1. The first-order valence-corrected chi connectivity index (χ1v) is 9.51. The summed E-state index contributed by atoms with van der Waals surface area (Å²) in [4.78, 5) is 21.6. The summed E-state index contributed by atoms with van der Waals surface area (Å²) in [5.74, 6) is 0.958. The van der Waals surface area contributed by atoms with Crippen LogP contribution in [0.3, 0.4) is 0 Å². The molecule has 0 radical (unpaired) electrons. The lowest BCUT2D eigenvalue weighted by molar-refractivity contribution is 0.0747. The molecule has 0 saturated carbocycles. The Morgan fingerprint density at radius 1 is 1.08 bits per heavy atom. The van der Waals surface area contributed by atoms with Gasteiger partial charge in [0.1, 0.15) is 5.75 Å². The number of rotatable bonds is 3. The van der Waals surface area contributed by atoms with Crippen molar-refractivity contribution in [3.63, 3.8) is 0 Å². The molecular formula is C20H21N3O2S. The minimum atomic E-state index is 0.110. The van der Waals surface area contributed by atoms with Crippen LogP contribution in [0.2, 0.25) is 0 Å². The van der Waals surface area contributed by atoms with E-state index in [2.05, 4.69) is 4.90 Å². The summed E-state index contributed by atoms with van der Waals surface area (Å²) in [6.07, 6.45) is 0. The SMILES string of the molecule is COc1ccc2nc(N3CCN(C(=O)c4ccc(C)cc4)CC3)sc2c1.